The van der Waals surface area contributed by atoms with E-state index in [4.69, 9.17) is 19.8 Å². The summed E-state index contributed by atoms with van der Waals surface area (Å²) >= 11 is 0. The summed E-state index contributed by atoms with van der Waals surface area (Å²) in [7, 11) is -0.599. The Morgan fingerprint density at radius 1 is 1.25 bits per heavy atom. The lowest BCUT2D eigenvalue weighted by atomic mass is 9.77. The molecule has 1 saturated heterocycles. The van der Waals surface area contributed by atoms with E-state index in [0.717, 1.165) is 0 Å². The Kier molecular flexibility index (Phi) is 6.28. The first-order valence-electron chi connectivity index (χ1n) is 9.30. The van der Waals surface area contributed by atoms with E-state index < -0.39 is 35.8 Å². The van der Waals surface area contributed by atoms with Crippen LogP contribution in [0.2, 0.25) is 0 Å². The fourth-order valence-corrected chi connectivity index (χ4v) is 2.57. The molecule has 1 amide bonds. The SMILES string of the molecule is CC(C)(C)OC(=O)Nc1ccc(C=C(CN)B2OC(C)(C)C(C)(C)O2)cc1F. The molecule has 3 N–H and O–H groups in total. The Morgan fingerprint density at radius 3 is 2.29 bits per heavy atom. The first-order chi connectivity index (χ1) is 12.7. The molecule has 28 heavy (non-hydrogen) atoms. The molecule has 1 aromatic rings. The molecule has 2 rings (SSSR count). The van der Waals surface area contributed by atoms with Gasteiger partial charge in [0.2, 0.25) is 0 Å². The number of ether oxygens (including phenoxy) is 1. The molecule has 1 aromatic carbocycles. The predicted molar refractivity (Wildman–Crippen MR) is 109 cm³/mol. The van der Waals surface area contributed by atoms with Gasteiger partial charge in [0.1, 0.15) is 11.4 Å². The minimum atomic E-state index is -0.713. The van der Waals surface area contributed by atoms with E-state index in [0.29, 0.717) is 11.0 Å². The van der Waals surface area contributed by atoms with Crippen LogP contribution in [-0.4, -0.2) is 36.6 Å². The Balaban J connectivity index is 2.17. The van der Waals surface area contributed by atoms with Gasteiger partial charge in [0, 0.05) is 6.54 Å². The molecular weight excluding hydrogens is 362 g/mol. The lowest BCUT2D eigenvalue weighted by Gasteiger charge is -2.32. The number of benzene rings is 1. The molecule has 0 spiro atoms. The van der Waals surface area contributed by atoms with Crippen LogP contribution < -0.4 is 11.1 Å². The Labute approximate surface area is 166 Å². The fourth-order valence-electron chi connectivity index (χ4n) is 2.57. The van der Waals surface area contributed by atoms with Gasteiger partial charge in [-0.05, 0) is 71.6 Å². The highest BCUT2D eigenvalue weighted by Gasteiger charge is 2.52. The number of amides is 1. The van der Waals surface area contributed by atoms with Gasteiger partial charge in [-0.15, -0.1) is 0 Å². The average Bonchev–Trinajstić information content (AvgIpc) is 2.73. The highest BCUT2D eigenvalue weighted by molar-refractivity contribution is 6.55. The number of halogens is 1. The number of carbonyl (C=O) groups is 1. The number of hydrogen-bond acceptors (Lipinski definition) is 5. The van der Waals surface area contributed by atoms with E-state index in [1.54, 1.807) is 32.9 Å². The summed E-state index contributed by atoms with van der Waals surface area (Å²) in [5, 5.41) is 2.41. The van der Waals surface area contributed by atoms with Gasteiger partial charge in [0.25, 0.3) is 0 Å². The zero-order valence-electron chi connectivity index (χ0n) is 17.7. The molecular formula is C20H30BFN2O4. The zero-order valence-corrected chi connectivity index (χ0v) is 17.7. The quantitative estimate of drug-likeness (QED) is 0.753. The van der Waals surface area contributed by atoms with E-state index >= 15 is 0 Å². The number of anilines is 1. The summed E-state index contributed by atoms with van der Waals surface area (Å²) in [6.45, 7) is 13.2. The molecule has 8 heteroatoms. The maximum absolute atomic E-state index is 14.4. The first kappa shape index (κ1) is 22.4. The van der Waals surface area contributed by atoms with Gasteiger partial charge in [-0.1, -0.05) is 12.1 Å². The van der Waals surface area contributed by atoms with Crippen LogP contribution in [0.3, 0.4) is 0 Å². The maximum atomic E-state index is 14.4. The van der Waals surface area contributed by atoms with Gasteiger partial charge in [0.05, 0.1) is 16.9 Å². The molecule has 1 fully saturated rings. The van der Waals surface area contributed by atoms with Crippen molar-refractivity contribution in [1.29, 1.82) is 0 Å². The van der Waals surface area contributed by atoms with Crippen LogP contribution in [0.1, 0.15) is 54.0 Å². The van der Waals surface area contributed by atoms with E-state index in [1.165, 1.54) is 12.1 Å². The first-order valence-corrected chi connectivity index (χ1v) is 9.30. The van der Waals surface area contributed by atoms with Gasteiger partial charge in [-0.2, -0.15) is 0 Å². The van der Waals surface area contributed by atoms with Crippen molar-refractivity contribution in [1.82, 2.24) is 0 Å². The van der Waals surface area contributed by atoms with Crippen molar-refractivity contribution in [2.75, 3.05) is 11.9 Å². The van der Waals surface area contributed by atoms with Crippen molar-refractivity contribution in [2.45, 2.75) is 65.3 Å². The molecule has 154 valence electrons. The Morgan fingerprint density at radius 2 is 1.82 bits per heavy atom. The van der Waals surface area contributed by atoms with Crippen LogP contribution in [0.4, 0.5) is 14.9 Å². The fraction of sp³-hybridized carbons (Fsp3) is 0.550. The van der Waals surface area contributed by atoms with Gasteiger partial charge in [-0.3, -0.25) is 5.32 Å². The summed E-state index contributed by atoms with van der Waals surface area (Å²) in [6.07, 6.45) is 1.03. The highest BCUT2D eigenvalue weighted by Crippen LogP contribution is 2.38. The highest BCUT2D eigenvalue weighted by atomic mass is 19.1. The molecule has 1 aliphatic rings. The Bertz CT molecular complexity index is 756. The normalized spacial score (nSPS) is 18.9. The molecule has 0 aromatic heterocycles. The van der Waals surface area contributed by atoms with Crippen LogP contribution in [-0.2, 0) is 14.0 Å². The van der Waals surface area contributed by atoms with Crippen molar-refractivity contribution in [2.24, 2.45) is 5.73 Å². The van der Waals surface area contributed by atoms with Crippen LogP contribution in [0, 0.1) is 5.82 Å². The molecule has 0 unspecified atom stereocenters. The Hall–Kier alpha value is -1.90. The van der Waals surface area contributed by atoms with E-state index in [1.807, 2.05) is 27.7 Å². The van der Waals surface area contributed by atoms with Crippen LogP contribution >= 0.6 is 0 Å². The monoisotopic (exact) mass is 392 g/mol. The lowest BCUT2D eigenvalue weighted by Crippen LogP contribution is -2.41. The standard InChI is InChI=1S/C20H30BFN2O4/c1-18(2,3)26-17(25)24-16-9-8-13(11-15(16)22)10-14(12-23)21-27-19(4,5)20(6,7)28-21/h8-11H,12,23H2,1-7H3,(H,24,25). The van der Waals surface area contributed by atoms with E-state index in [-0.39, 0.29) is 12.2 Å². The number of carbonyl (C=O) groups excluding carboxylic acids is 1. The predicted octanol–water partition coefficient (Wildman–Crippen LogP) is 4.15. The van der Waals surface area contributed by atoms with Crippen LogP contribution in [0.25, 0.3) is 6.08 Å². The maximum Gasteiger partial charge on any atom is 0.491 e. The van der Waals surface area contributed by atoms with E-state index in [2.05, 4.69) is 5.32 Å². The van der Waals surface area contributed by atoms with Crippen molar-refractivity contribution < 1.29 is 23.2 Å². The summed E-state index contributed by atoms with van der Waals surface area (Å²) in [5.41, 5.74) is 5.56. The summed E-state index contributed by atoms with van der Waals surface area (Å²) in [4.78, 5) is 11.8. The third-order valence-electron chi connectivity index (χ3n) is 4.77. The third-order valence-corrected chi connectivity index (χ3v) is 4.77. The molecule has 1 aliphatic heterocycles. The van der Waals surface area contributed by atoms with Crippen LogP contribution in [0.5, 0.6) is 0 Å². The largest absolute Gasteiger partial charge is 0.491 e. The minimum Gasteiger partial charge on any atom is -0.444 e. The second-order valence-electron chi connectivity index (χ2n) is 8.88. The minimum absolute atomic E-state index is 0.0383. The summed E-state index contributed by atoms with van der Waals surface area (Å²) in [5.74, 6) is -0.579. The smallest absolute Gasteiger partial charge is 0.444 e. The molecule has 0 aliphatic carbocycles. The molecule has 0 saturated carbocycles. The molecule has 0 atom stereocenters. The summed E-state index contributed by atoms with van der Waals surface area (Å²) in [6, 6.07) is 4.47. The number of nitrogens with two attached hydrogens (primary N) is 1. The number of rotatable bonds is 4. The van der Waals surface area contributed by atoms with Crippen molar-refractivity contribution in [3.63, 3.8) is 0 Å². The third kappa shape index (κ3) is 5.34. The zero-order chi connectivity index (χ0) is 21.3. The summed E-state index contributed by atoms with van der Waals surface area (Å²) < 4.78 is 31.6. The molecule has 0 radical (unpaired) electrons. The van der Waals surface area contributed by atoms with Crippen molar-refractivity contribution >= 4 is 25.0 Å². The number of nitrogens with one attached hydrogen (secondary N) is 1. The van der Waals surface area contributed by atoms with Gasteiger partial charge in [0.15, 0.2) is 0 Å². The van der Waals surface area contributed by atoms with Gasteiger partial charge < -0.3 is 19.8 Å². The second-order valence-corrected chi connectivity index (χ2v) is 8.88. The number of hydrogen-bond donors (Lipinski definition) is 2. The van der Waals surface area contributed by atoms with E-state index in [9.17, 15) is 9.18 Å². The second kappa shape index (κ2) is 7.85. The molecule has 0 bridgehead atoms. The van der Waals surface area contributed by atoms with Gasteiger partial charge >= 0.3 is 13.2 Å². The van der Waals surface area contributed by atoms with Gasteiger partial charge in [-0.25, -0.2) is 9.18 Å². The lowest BCUT2D eigenvalue weighted by molar-refractivity contribution is 0.00578. The van der Waals surface area contributed by atoms with Crippen LogP contribution in [0.15, 0.2) is 23.7 Å². The van der Waals surface area contributed by atoms with Crippen molar-refractivity contribution in [3.8, 4) is 0 Å². The topological polar surface area (TPSA) is 82.8 Å². The van der Waals surface area contributed by atoms with Crippen molar-refractivity contribution in [3.05, 3.63) is 35.1 Å². The molecule has 6 nitrogen and oxygen atoms in total. The average molecular weight is 392 g/mol. The molecule has 1 heterocycles.